The zero-order chi connectivity index (χ0) is 17.6. The first kappa shape index (κ1) is 16.8. The third-order valence-electron chi connectivity index (χ3n) is 3.56. The number of para-hydroxylation sites is 1. The largest absolute Gasteiger partial charge is 0.497 e. The van der Waals surface area contributed by atoms with Crippen LogP contribution in [-0.4, -0.2) is 18.1 Å². The minimum Gasteiger partial charge on any atom is -0.497 e. The van der Waals surface area contributed by atoms with Crippen LogP contribution in [0, 0.1) is 0 Å². The summed E-state index contributed by atoms with van der Waals surface area (Å²) < 4.78 is 10.6. The van der Waals surface area contributed by atoms with Gasteiger partial charge in [-0.3, -0.25) is 15.6 Å². The molecule has 3 N–H and O–H groups in total. The SMILES string of the molecule is COc1ccc2c(CC(=O)NNC(=S)Nc3ccccc3)coc2c1. The van der Waals surface area contributed by atoms with Crippen molar-refractivity contribution in [2.45, 2.75) is 6.42 Å². The molecule has 1 aromatic heterocycles. The van der Waals surface area contributed by atoms with E-state index in [0.29, 0.717) is 16.4 Å². The van der Waals surface area contributed by atoms with Crippen LogP contribution in [0.5, 0.6) is 5.75 Å². The van der Waals surface area contributed by atoms with Crippen molar-refractivity contribution in [3.8, 4) is 5.75 Å². The number of furan rings is 1. The van der Waals surface area contributed by atoms with Crippen LogP contribution in [0.15, 0.2) is 59.2 Å². The maximum absolute atomic E-state index is 12.1. The van der Waals surface area contributed by atoms with Crippen molar-refractivity contribution in [3.05, 3.63) is 60.4 Å². The molecule has 3 rings (SSSR count). The van der Waals surface area contributed by atoms with E-state index < -0.39 is 0 Å². The highest BCUT2D eigenvalue weighted by molar-refractivity contribution is 7.80. The van der Waals surface area contributed by atoms with Gasteiger partial charge in [-0.15, -0.1) is 0 Å². The first-order chi connectivity index (χ1) is 12.2. The number of benzene rings is 2. The van der Waals surface area contributed by atoms with Gasteiger partial charge in [-0.25, -0.2) is 0 Å². The van der Waals surface area contributed by atoms with Gasteiger partial charge in [-0.05, 0) is 36.5 Å². The Labute approximate surface area is 150 Å². The lowest BCUT2D eigenvalue weighted by Gasteiger charge is -2.11. The Bertz CT molecular complexity index is 893. The van der Waals surface area contributed by atoms with Gasteiger partial charge in [0.1, 0.15) is 11.3 Å². The summed E-state index contributed by atoms with van der Waals surface area (Å²) in [6, 6.07) is 14.9. The van der Waals surface area contributed by atoms with Gasteiger partial charge in [0.25, 0.3) is 0 Å². The van der Waals surface area contributed by atoms with Crippen molar-refractivity contribution in [2.24, 2.45) is 0 Å². The van der Waals surface area contributed by atoms with E-state index in [-0.39, 0.29) is 12.3 Å². The van der Waals surface area contributed by atoms with Crippen LogP contribution >= 0.6 is 12.2 Å². The van der Waals surface area contributed by atoms with Gasteiger partial charge in [0, 0.05) is 22.7 Å². The zero-order valence-corrected chi connectivity index (χ0v) is 14.4. The van der Waals surface area contributed by atoms with Crippen molar-refractivity contribution in [3.63, 3.8) is 0 Å². The highest BCUT2D eigenvalue weighted by Crippen LogP contribution is 2.25. The molecule has 0 radical (unpaired) electrons. The lowest BCUT2D eigenvalue weighted by atomic mass is 10.1. The van der Waals surface area contributed by atoms with Crippen LogP contribution in [0.2, 0.25) is 0 Å². The molecule has 2 aromatic carbocycles. The summed E-state index contributed by atoms with van der Waals surface area (Å²) in [4.78, 5) is 12.1. The topological polar surface area (TPSA) is 75.5 Å². The van der Waals surface area contributed by atoms with E-state index in [0.717, 1.165) is 16.6 Å². The summed E-state index contributed by atoms with van der Waals surface area (Å²) in [6.07, 6.45) is 1.74. The Morgan fingerprint density at radius 1 is 1.16 bits per heavy atom. The quantitative estimate of drug-likeness (QED) is 0.493. The standard InChI is InChI=1S/C18H17N3O3S/c1-23-14-7-8-15-12(11-24-16(15)10-14)9-17(22)20-21-18(25)19-13-5-3-2-4-6-13/h2-8,10-11H,9H2,1H3,(H,20,22)(H2,19,21,25). The van der Waals surface area contributed by atoms with Crippen molar-refractivity contribution in [2.75, 3.05) is 12.4 Å². The molecule has 3 aromatic rings. The molecule has 6 nitrogen and oxygen atoms in total. The third-order valence-corrected chi connectivity index (χ3v) is 3.77. The van der Waals surface area contributed by atoms with E-state index >= 15 is 0 Å². The summed E-state index contributed by atoms with van der Waals surface area (Å²) in [7, 11) is 1.59. The third kappa shape index (κ3) is 4.27. The molecule has 1 amide bonds. The van der Waals surface area contributed by atoms with Crippen LogP contribution in [-0.2, 0) is 11.2 Å². The molecule has 0 fully saturated rings. The molecule has 0 bridgehead atoms. The fourth-order valence-corrected chi connectivity index (χ4v) is 2.52. The Kier molecular flexibility index (Phi) is 5.15. The van der Waals surface area contributed by atoms with Crippen molar-refractivity contribution < 1.29 is 13.9 Å². The number of hydrogen-bond donors (Lipinski definition) is 3. The van der Waals surface area contributed by atoms with E-state index in [4.69, 9.17) is 21.4 Å². The first-order valence-electron chi connectivity index (χ1n) is 7.60. The maximum Gasteiger partial charge on any atom is 0.242 e. The van der Waals surface area contributed by atoms with Gasteiger partial charge >= 0.3 is 0 Å². The number of methoxy groups -OCH3 is 1. The fourth-order valence-electron chi connectivity index (χ4n) is 2.35. The van der Waals surface area contributed by atoms with E-state index in [1.807, 2.05) is 42.5 Å². The number of rotatable bonds is 4. The lowest BCUT2D eigenvalue weighted by molar-refractivity contribution is -0.120. The highest BCUT2D eigenvalue weighted by Gasteiger charge is 2.11. The molecule has 0 saturated carbocycles. The Hall–Kier alpha value is -3.06. The van der Waals surface area contributed by atoms with Gasteiger partial charge in [-0.1, -0.05) is 18.2 Å². The van der Waals surface area contributed by atoms with Crippen LogP contribution in [0.3, 0.4) is 0 Å². The predicted octanol–water partition coefficient (Wildman–Crippen LogP) is 3.00. The Morgan fingerprint density at radius 3 is 2.72 bits per heavy atom. The second kappa shape index (κ2) is 7.67. The molecule has 0 saturated heterocycles. The maximum atomic E-state index is 12.1. The minimum absolute atomic E-state index is 0.167. The minimum atomic E-state index is -0.226. The molecule has 128 valence electrons. The summed E-state index contributed by atoms with van der Waals surface area (Å²) in [6.45, 7) is 0. The van der Waals surface area contributed by atoms with Crippen molar-refractivity contribution >= 4 is 39.9 Å². The van der Waals surface area contributed by atoms with Gasteiger partial charge in [0.15, 0.2) is 5.11 Å². The number of fused-ring (bicyclic) bond motifs is 1. The summed E-state index contributed by atoms with van der Waals surface area (Å²) in [5, 5.41) is 4.15. The van der Waals surface area contributed by atoms with Gasteiger partial charge in [0.2, 0.25) is 5.91 Å². The van der Waals surface area contributed by atoms with Crippen LogP contribution in [0.4, 0.5) is 5.69 Å². The Balaban J connectivity index is 1.55. The van der Waals surface area contributed by atoms with Gasteiger partial charge in [-0.2, -0.15) is 0 Å². The number of hydrazine groups is 1. The summed E-state index contributed by atoms with van der Waals surface area (Å²) >= 11 is 5.14. The number of amides is 1. The fraction of sp³-hybridized carbons (Fsp3) is 0.111. The van der Waals surface area contributed by atoms with E-state index in [9.17, 15) is 4.79 Å². The molecule has 0 unspecified atom stereocenters. The Morgan fingerprint density at radius 2 is 1.96 bits per heavy atom. The second-order valence-corrected chi connectivity index (χ2v) is 5.70. The normalized spacial score (nSPS) is 10.3. The van der Waals surface area contributed by atoms with E-state index in [2.05, 4.69) is 16.2 Å². The molecule has 1 heterocycles. The highest BCUT2D eigenvalue weighted by atomic mass is 32.1. The van der Waals surface area contributed by atoms with Crippen LogP contribution < -0.4 is 20.9 Å². The predicted molar refractivity (Wildman–Crippen MR) is 100 cm³/mol. The lowest BCUT2D eigenvalue weighted by Crippen LogP contribution is -2.44. The van der Waals surface area contributed by atoms with Gasteiger partial charge < -0.3 is 14.5 Å². The smallest absolute Gasteiger partial charge is 0.242 e. The average Bonchev–Trinajstić information content (AvgIpc) is 3.03. The summed E-state index contributed by atoms with van der Waals surface area (Å²) in [5.41, 5.74) is 7.55. The number of carbonyl (C=O) groups excluding carboxylic acids is 1. The van der Waals surface area contributed by atoms with Crippen LogP contribution in [0.25, 0.3) is 11.0 Å². The molecular formula is C18H17N3O3S. The first-order valence-corrected chi connectivity index (χ1v) is 8.01. The molecule has 25 heavy (non-hydrogen) atoms. The van der Waals surface area contributed by atoms with E-state index in [1.165, 1.54) is 0 Å². The van der Waals surface area contributed by atoms with Crippen molar-refractivity contribution in [1.29, 1.82) is 0 Å². The number of ether oxygens (including phenoxy) is 1. The molecule has 0 aliphatic rings. The average molecular weight is 355 g/mol. The number of hydrogen-bond acceptors (Lipinski definition) is 4. The molecule has 0 aliphatic heterocycles. The monoisotopic (exact) mass is 355 g/mol. The second-order valence-electron chi connectivity index (χ2n) is 5.29. The summed E-state index contributed by atoms with van der Waals surface area (Å²) in [5.74, 6) is 0.479. The van der Waals surface area contributed by atoms with Gasteiger partial charge in [0.05, 0.1) is 19.8 Å². The molecule has 7 heteroatoms. The van der Waals surface area contributed by atoms with Crippen LogP contribution in [0.1, 0.15) is 5.56 Å². The molecule has 0 spiro atoms. The number of anilines is 1. The number of nitrogens with one attached hydrogen (secondary N) is 3. The molecular weight excluding hydrogens is 338 g/mol. The zero-order valence-electron chi connectivity index (χ0n) is 13.5. The molecule has 0 atom stereocenters. The van der Waals surface area contributed by atoms with E-state index in [1.54, 1.807) is 19.4 Å². The van der Waals surface area contributed by atoms with Crippen molar-refractivity contribution in [1.82, 2.24) is 10.9 Å². The number of carbonyl (C=O) groups is 1. The number of thiocarbonyl (C=S) groups is 1. The molecule has 0 aliphatic carbocycles.